The zero-order chi connectivity index (χ0) is 12.2. The highest BCUT2D eigenvalue weighted by Crippen LogP contribution is 2.25. The fraction of sp³-hybridized carbons (Fsp3) is 0.800. The van der Waals surface area contributed by atoms with E-state index in [-0.39, 0.29) is 17.9 Å². The van der Waals surface area contributed by atoms with Crippen LogP contribution in [0.5, 0.6) is 0 Å². The molecule has 1 atom stereocenters. The molecule has 0 aromatic heterocycles. The standard InChI is InChI=1S/C10H21NO3S/c1-10(2,3)11-8(12)6-7(9(13)14)15(4)5/h7,15H,6H2,1-5H3,(H,11,12)(H,13,14). The molecule has 15 heavy (non-hydrogen) atoms. The molecule has 0 aromatic carbocycles. The Morgan fingerprint density at radius 3 is 2.07 bits per heavy atom. The van der Waals surface area contributed by atoms with Crippen LogP contribution in [0, 0.1) is 0 Å². The van der Waals surface area contributed by atoms with E-state index in [1.54, 1.807) is 0 Å². The Kier molecular flexibility index (Phi) is 5.14. The molecule has 0 aliphatic rings. The van der Waals surface area contributed by atoms with E-state index in [2.05, 4.69) is 5.32 Å². The number of amides is 1. The Hall–Kier alpha value is -0.710. The highest BCUT2D eigenvalue weighted by molar-refractivity contribution is 8.16. The van der Waals surface area contributed by atoms with Crippen LogP contribution < -0.4 is 5.32 Å². The van der Waals surface area contributed by atoms with Crippen LogP contribution >= 0.6 is 10.9 Å². The van der Waals surface area contributed by atoms with Crippen molar-refractivity contribution in [1.29, 1.82) is 0 Å². The van der Waals surface area contributed by atoms with Gasteiger partial charge in [-0.25, -0.2) is 10.9 Å². The number of hydrogen-bond donors (Lipinski definition) is 3. The number of nitrogens with one attached hydrogen (secondary N) is 1. The minimum Gasteiger partial charge on any atom is -0.480 e. The minimum atomic E-state index is -0.879. The molecule has 1 unspecified atom stereocenters. The molecule has 4 nitrogen and oxygen atoms in total. The van der Waals surface area contributed by atoms with Gasteiger partial charge in [-0.15, -0.1) is 0 Å². The monoisotopic (exact) mass is 235 g/mol. The topological polar surface area (TPSA) is 66.4 Å². The molecule has 0 saturated heterocycles. The molecule has 1 amide bonds. The quantitative estimate of drug-likeness (QED) is 0.637. The van der Waals surface area contributed by atoms with E-state index >= 15 is 0 Å². The van der Waals surface area contributed by atoms with Crippen molar-refractivity contribution in [3.05, 3.63) is 0 Å². The second kappa shape index (κ2) is 5.39. The number of carboxylic acids is 1. The summed E-state index contributed by atoms with van der Waals surface area (Å²) in [5, 5.41) is 11.2. The fourth-order valence-electron chi connectivity index (χ4n) is 1.14. The Balaban J connectivity index is 4.31. The predicted molar refractivity (Wildman–Crippen MR) is 64.8 cm³/mol. The second-order valence-corrected chi connectivity index (χ2v) is 7.37. The molecule has 0 aromatic rings. The smallest absolute Gasteiger partial charge is 0.315 e. The molecule has 0 heterocycles. The lowest BCUT2D eigenvalue weighted by Gasteiger charge is -2.24. The van der Waals surface area contributed by atoms with Crippen LogP contribution in [0.1, 0.15) is 27.2 Å². The van der Waals surface area contributed by atoms with Gasteiger partial charge in [0, 0.05) is 12.0 Å². The molecule has 0 bridgehead atoms. The molecular formula is C10H21NO3S. The summed E-state index contributed by atoms with van der Waals surface area (Å²) >= 11 is 0. The number of hydrogen-bond acceptors (Lipinski definition) is 2. The Bertz CT molecular complexity index is 246. The first-order valence-electron chi connectivity index (χ1n) is 4.83. The van der Waals surface area contributed by atoms with Crippen LogP contribution in [0.2, 0.25) is 0 Å². The molecule has 0 spiro atoms. The van der Waals surface area contributed by atoms with Gasteiger partial charge >= 0.3 is 5.97 Å². The van der Waals surface area contributed by atoms with Crippen LogP contribution in [0.15, 0.2) is 0 Å². The van der Waals surface area contributed by atoms with E-state index < -0.39 is 22.1 Å². The average Bonchev–Trinajstić information content (AvgIpc) is 1.95. The van der Waals surface area contributed by atoms with E-state index in [1.165, 1.54) is 0 Å². The lowest BCUT2D eigenvalue weighted by molar-refractivity contribution is -0.138. The molecule has 5 heteroatoms. The third-order valence-corrected chi connectivity index (χ3v) is 3.45. The number of rotatable bonds is 4. The molecule has 0 aliphatic carbocycles. The predicted octanol–water partition coefficient (Wildman–Crippen LogP) is 1.01. The maximum Gasteiger partial charge on any atom is 0.315 e. The van der Waals surface area contributed by atoms with Gasteiger partial charge in [-0.1, -0.05) is 0 Å². The summed E-state index contributed by atoms with van der Waals surface area (Å²) in [4.78, 5) is 22.4. The Morgan fingerprint density at radius 2 is 1.80 bits per heavy atom. The van der Waals surface area contributed by atoms with Crippen LogP contribution in [0.4, 0.5) is 0 Å². The van der Waals surface area contributed by atoms with E-state index in [0.29, 0.717) is 0 Å². The first-order chi connectivity index (χ1) is 6.63. The van der Waals surface area contributed by atoms with Crippen molar-refractivity contribution < 1.29 is 14.7 Å². The number of aliphatic carboxylic acids is 1. The van der Waals surface area contributed by atoms with Crippen LogP contribution in [-0.4, -0.2) is 40.3 Å². The normalized spacial score (nSPS) is 14.3. The first-order valence-corrected chi connectivity index (χ1v) is 7.14. The third-order valence-electron chi connectivity index (χ3n) is 1.80. The molecule has 90 valence electrons. The number of carbonyl (C=O) groups is 2. The van der Waals surface area contributed by atoms with Crippen molar-refractivity contribution in [1.82, 2.24) is 5.32 Å². The maximum atomic E-state index is 11.5. The van der Waals surface area contributed by atoms with Gasteiger partial charge in [-0.3, -0.25) is 9.59 Å². The zero-order valence-electron chi connectivity index (χ0n) is 10.00. The second-order valence-electron chi connectivity index (χ2n) is 4.82. The van der Waals surface area contributed by atoms with Gasteiger partial charge < -0.3 is 10.4 Å². The van der Waals surface area contributed by atoms with Crippen LogP contribution in [0.25, 0.3) is 0 Å². The number of carboxylic acid groups (broad SMARTS) is 1. The van der Waals surface area contributed by atoms with E-state index in [4.69, 9.17) is 5.11 Å². The summed E-state index contributed by atoms with van der Waals surface area (Å²) < 4.78 is 0. The third kappa shape index (κ3) is 6.38. The lowest BCUT2D eigenvalue weighted by atomic mass is 10.1. The van der Waals surface area contributed by atoms with Crippen LogP contribution in [-0.2, 0) is 9.59 Å². The van der Waals surface area contributed by atoms with Gasteiger partial charge in [0.1, 0.15) is 0 Å². The maximum absolute atomic E-state index is 11.5. The fourth-order valence-corrected chi connectivity index (χ4v) is 2.11. The number of thiol groups is 1. The van der Waals surface area contributed by atoms with Crippen molar-refractivity contribution in [3.8, 4) is 0 Å². The summed E-state index contributed by atoms with van der Waals surface area (Å²) in [7, 11) is -0.638. The van der Waals surface area contributed by atoms with Crippen LogP contribution in [0.3, 0.4) is 0 Å². The van der Waals surface area contributed by atoms with Gasteiger partial charge in [-0.05, 0) is 33.3 Å². The molecule has 0 saturated carbocycles. The molecule has 0 radical (unpaired) electrons. The Labute approximate surface area is 93.8 Å². The molecule has 0 rings (SSSR count). The lowest BCUT2D eigenvalue weighted by Crippen LogP contribution is -2.42. The summed E-state index contributed by atoms with van der Waals surface area (Å²) in [5.41, 5.74) is -0.301. The first kappa shape index (κ1) is 14.3. The highest BCUT2D eigenvalue weighted by atomic mass is 32.2. The van der Waals surface area contributed by atoms with Crippen molar-refractivity contribution in [2.45, 2.75) is 38.0 Å². The van der Waals surface area contributed by atoms with Gasteiger partial charge in [0.25, 0.3) is 0 Å². The van der Waals surface area contributed by atoms with Crippen molar-refractivity contribution >= 4 is 22.8 Å². The van der Waals surface area contributed by atoms with Gasteiger partial charge in [-0.2, -0.15) is 0 Å². The molecule has 2 N–H and O–H groups in total. The van der Waals surface area contributed by atoms with E-state index in [0.717, 1.165) is 0 Å². The molecule has 0 fully saturated rings. The largest absolute Gasteiger partial charge is 0.480 e. The highest BCUT2D eigenvalue weighted by Gasteiger charge is 2.24. The Morgan fingerprint density at radius 1 is 1.33 bits per heavy atom. The SMILES string of the molecule is C[SH](C)C(CC(=O)NC(C)(C)C)C(=O)O. The summed E-state index contributed by atoms with van der Waals surface area (Å²) in [6, 6.07) is 0. The average molecular weight is 235 g/mol. The summed E-state index contributed by atoms with van der Waals surface area (Å²) in [6.45, 7) is 5.63. The van der Waals surface area contributed by atoms with Gasteiger partial charge in [0.2, 0.25) is 5.91 Å². The minimum absolute atomic E-state index is 0.0747. The van der Waals surface area contributed by atoms with Crippen molar-refractivity contribution in [2.24, 2.45) is 0 Å². The zero-order valence-corrected chi connectivity index (χ0v) is 10.9. The molecule has 0 aliphatic heterocycles. The van der Waals surface area contributed by atoms with E-state index in [9.17, 15) is 9.59 Å². The summed E-state index contributed by atoms with van der Waals surface area (Å²) in [6.07, 6.45) is 3.82. The summed E-state index contributed by atoms with van der Waals surface area (Å²) in [5.74, 6) is -1.07. The van der Waals surface area contributed by atoms with Gasteiger partial charge in [0.15, 0.2) is 0 Å². The molecular weight excluding hydrogens is 214 g/mol. The van der Waals surface area contributed by atoms with Gasteiger partial charge in [0.05, 0.1) is 5.25 Å². The van der Waals surface area contributed by atoms with Crippen molar-refractivity contribution in [3.63, 3.8) is 0 Å². The van der Waals surface area contributed by atoms with E-state index in [1.807, 2.05) is 33.3 Å². The van der Waals surface area contributed by atoms with Crippen molar-refractivity contribution in [2.75, 3.05) is 12.5 Å². The number of carbonyl (C=O) groups excluding carboxylic acids is 1.